The molecule has 23 heteroatoms. The molecule has 15 nitrogen and oxygen atoms in total. The summed E-state index contributed by atoms with van der Waals surface area (Å²) in [6.07, 6.45) is -8.59. The smallest absolute Gasteiger partial charge is 0.266 e. The Morgan fingerprint density at radius 2 is 1.25 bits per heavy atom. The molecule has 6 aromatic rings. The lowest BCUT2D eigenvalue weighted by atomic mass is 9.89. The number of aromatic nitrogens is 5. The number of benzene rings is 2. The molecule has 0 saturated heterocycles. The Labute approximate surface area is 375 Å². The Balaban J connectivity index is 0.000000168. The van der Waals surface area contributed by atoms with Gasteiger partial charge < -0.3 is 61.1 Å². The Bertz CT molecular complexity index is 2850. The minimum atomic E-state index is -3.05. The molecule has 9 atom stereocenters. The lowest BCUT2D eigenvalue weighted by molar-refractivity contribution is -0.0168. The topological polar surface area (TPSA) is 224 Å². The Hall–Kier alpha value is -5.85. The molecule has 2 aliphatic heterocycles. The number of nitrogens with two attached hydrogens (primary N) is 2. The largest absolute Gasteiger partial charge is 0.487 e. The zero-order valence-corrected chi connectivity index (χ0v) is 35.4. The number of ether oxygens (including phenoxy) is 2. The van der Waals surface area contributed by atoms with E-state index in [-0.39, 0.29) is 94.5 Å². The lowest BCUT2D eigenvalue weighted by Crippen LogP contribution is -2.35. The molecule has 2 saturated carbocycles. The van der Waals surface area contributed by atoms with Gasteiger partial charge in [-0.1, -0.05) is 6.92 Å². The molecule has 4 aliphatic rings. The zero-order chi connectivity index (χ0) is 47.7. The summed E-state index contributed by atoms with van der Waals surface area (Å²) in [7, 11) is 0. The number of nitrogens with zero attached hydrogens (tertiary/aromatic N) is 5. The summed E-state index contributed by atoms with van der Waals surface area (Å²) in [5.74, 6) is -3.61. The van der Waals surface area contributed by atoms with Gasteiger partial charge in [-0.3, -0.25) is 0 Å². The first-order valence-corrected chi connectivity index (χ1v) is 21.4. The quantitative estimate of drug-likeness (QED) is 0.0927. The van der Waals surface area contributed by atoms with E-state index in [0.717, 1.165) is 30.9 Å². The van der Waals surface area contributed by atoms with Crippen LogP contribution in [0.1, 0.15) is 84.0 Å². The SMILES string of the molecule is C[C@H]1CNCc2c(O[C@H]3C[C@@H](n4cc(F)c5c(N)ncnc54)[C@H](O)[C@@H]3O)cc(C(F)F)c(F)c21.Nc1ccnc2c1c(F)cn2[C@@H]1C[C@H](Oc2cc(C(F)F)c(F)c3c2CNCC3)[C@@H](O)[C@H]1O. The molecule has 0 radical (unpaired) electrons. The minimum absolute atomic E-state index is 0.00854. The number of aliphatic hydroxyl groups is 4. The van der Waals surface area contributed by atoms with Gasteiger partial charge in [0.1, 0.15) is 83.2 Å². The molecule has 0 bridgehead atoms. The van der Waals surface area contributed by atoms with Gasteiger partial charge in [-0.15, -0.1) is 0 Å². The van der Waals surface area contributed by atoms with Gasteiger partial charge in [-0.2, -0.15) is 0 Å². The summed E-state index contributed by atoms with van der Waals surface area (Å²) in [6, 6.07) is 1.70. The predicted molar refractivity (Wildman–Crippen MR) is 224 cm³/mol. The van der Waals surface area contributed by atoms with Gasteiger partial charge in [0.15, 0.2) is 11.6 Å². The number of hydrogen-bond acceptors (Lipinski definition) is 13. The van der Waals surface area contributed by atoms with Crippen LogP contribution in [0.3, 0.4) is 0 Å². The monoisotopic (exact) mass is 947 g/mol. The molecule has 2 fully saturated rings. The normalized spacial score (nSPS) is 26.0. The number of rotatable bonds is 8. The molecule has 4 aromatic heterocycles. The summed E-state index contributed by atoms with van der Waals surface area (Å²) >= 11 is 0. The van der Waals surface area contributed by atoms with Crippen LogP contribution in [0.25, 0.3) is 22.1 Å². The highest BCUT2D eigenvalue weighted by Crippen LogP contribution is 2.44. The third-order valence-corrected chi connectivity index (χ3v) is 13.2. The van der Waals surface area contributed by atoms with Gasteiger partial charge in [0.05, 0.1) is 34.0 Å². The number of nitrogens with one attached hydrogen (secondary N) is 2. The van der Waals surface area contributed by atoms with Crippen molar-refractivity contribution in [3.05, 3.63) is 99.8 Å². The number of hydrogen-bond donors (Lipinski definition) is 8. The average molecular weight is 948 g/mol. The third kappa shape index (κ3) is 8.03. The summed E-state index contributed by atoms with van der Waals surface area (Å²) in [4.78, 5) is 12.0. The zero-order valence-electron chi connectivity index (χ0n) is 35.4. The van der Waals surface area contributed by atoms with Gasteiger partial charge in [0, 0.05) is 73.4 Å². The number of fused-ring (bicyclic) bond motifs is 4. The molecular formula is C44H45F8N9O6. The van der Waals surface area contributed by atoms with E-state index < -0.39 is 96.0 Å². The van der Waals surface area contributed by atoms with E-state index in [1.807, 2.05) is 0 Å². The highest BCUT2D eigenvalue weighted by atomic mass is 19.3. The van der Waals surface area contributed by atoms with Crippen molar-refractivity contribution in [2.45, 2.75) is 107 Å². The van der Waals surface area contributed by atoms with Gasteiger partial charge in [0.2, 0.25) is 0 Å². The van der Waals surface area contributed by atoms with Crippen LogP contribution in [0.4, 0.5) is 46.6 Å². The summed E-state index contributed by atoms with van der Waals surface area (Å²) in [5, 5.41) is 49.0. The molecule has 0 amide bonds. The highest BCUT2D eigenvalue weighted by molar-refractivity contribution is 5.89. The molecule has 2 aromatic carbocycles. The van der Waals surface area contributed by atoms with E-state index >= 15 is 0 Å². The number of nitrogen functional groups attached to an aromatic ring is 2. The molecule has 6 heterocycles. The van der Waals surface area contributed by atoms with Crippen molar-refractivity contribution in [2.75, 3.05) is 24.6 Å². The van der Waals surface area contributed by atoms with Crippen molar-refractivity contribution in [1.82, 2.24) is 34.7 Å². The van der Waals surface area contributed by atoms with Crippen LogP contribution in [0.2, 0.25) is 0 Å². The summed E-state index contributed by atoms with van der Waals surface area (Å²) in [6.45, 7) is 2.99. The van der Waals surface area contributed by atoms with Crippen molar-refractivity contribution in [1.29, 1.82) is 0 Å². The summed E-state index contributed by atoms with van der Waals surface area (Å²) < 4.78 is 127. The van der Waals surface area contributed by atoms with Crippen molar-refractivity contribution < 1.29 is 65.0 Å². The van der Waals surface area contributed by atoms with E-state index in [1.54, 1.807) is 6.92 Å². The van der Waals surface area contributed by atoms with Crippen LogP contribution in [-0.2, 0) is 19.5 Å². The second-order valence-corrected chi connectivity index (χ2v) is 17.2. The number of anilines is 2. The van der Waals surface area contributed by atoms with E-state index in [9.17, 15) is 55.5 Å². The van der Waals surface area contributed by atoms with Crippen LogP contribution >= 0.6 is 0 Å². The van der Waals surface area contributed by atoms with Gasteiger partial charge in [-0.05, 0) is 42.6 Å². The Kier molecular flexibility index (Phi) is 12.4. The molecule has 10 rings (SSSR count). The van der Waals surface area contributed by atoms with Crippen LogP contribution in [0, 0.1) is 23.3 Å². The van der Waals surface area contributed by atoms with E-state index in [0.29, 0.717) is 24.2 Å². The maximum atomic E-state index is 14.8. The van der Waals surface area contributed by atoms with E-state index in [4.69, 9.17) is 20.9 Å². The Morgan fingerprint density at radius 1 is 0.701 bits per heavy atom. The van der Waals surface area contributed by atoms with Crippen LogP contribution < -0.4 is 31.6 Å². The Morgan fingerprint density at radius 3 is 1.87 bits per heavy atom. The number of aliphatic hydroxyl groups excluding tert-OH is 4. The summed E-state index contributed by atoms with van der Waals surface area (Å²) in [5.41, 5.74) is 11.7. The first kappa shape index (κ1) is 46.3. The predicted octanol–water partition coefficient (Wildman–Crippen LogP) is 5.14. The molecule has 0 spiro atoms. The van der Waals surface area contributed by atoms with Gasteiger partial charge >= 0.3 is 0 Å². The third-order valence-electron chi connectivity index (χ3n) is 13.2. The van der Waals surface area contributed by atoms with E-state index in [1.165, 1.54) is 21.4 Å². The van der Waals surface area contributed by atoms with Crippen LogP contribution in [-0.4, -0.2) is 94.2 Å². The average Bonchev–Trinajstić information content (AvgIpc) is 4.00. The standard InChI is InChI=1S/C22H23F4N5O3.C22H22F4N4O3/c1-8-4-28-5-10-13(2-9(20(25)26)17(24)15(8)10)34-14-3-12(18(32)19(14)33)31-6-11(23)16-21(27)29-7-30-22(16)31;23-12-8-30(22-17(12)13(27)2-4-29-22)14-6-16(20(32)19(14)31)33-15-5-10(21(25)26)18(24)9-1-3-28-7-11(9)15/h2,6-8,12,14,18-20,28,32-33H,3-5H2,1H3,(H2,27,29,30);2,4-5,8,14,16,19-21,28,31-32H,1,3,6-7H2,(H2,27,29)/t8-,12+,14-,18-,19+;14-,16+,19+,20-/m01/s1. The minimum Gasteiger partial charge on any atom is -0.487 e. The molecule has 2 aliphatic carbocycles. The van der Waals surface area contributed by atoms with Crippen molar-refractivity contribution in [3.63, 3.8) is 0 Å². The van der Waals surface area contributed by atoms with Crippen molar-refractivity contribution in [2.24, 2.45) is 0 Å². The molecular weight excluding hydrogens is 903 g/mol. The van der Waals surface area contributed by atoms with Crippen molar-refractivity contribution >= 4 is 33.6 Å². The van der Waals surface area contributed by atoms with Gasteiger partial charge in [-0.25, -0.2) is 50.1 Å². The fourth-order valence-corrected chi connectivity index (χ4v) is 9.85. The fourth-order valence-electron chi connectivity index (χ4n) is 9.85. The molecule has 0 unspecified atom stereocenters. The van der Waals surface area contributed by atoms with Crippen LogP contribution in [0.15, 0.2) is 43.1 Å². The second kappa shape index (κ2) is 18.0. The first-order valence-electron chi connectivity index (χ1n) is 21.4. The van der Waals surface area contributed by atoms with Crippen LogP contribution in [0.5, 0.6) is 11.5 Å². The van der Waals surface area contributed by atoms with E-state index in [2.05, 4.69) is 25.6 Å². The second-order valence-electron chi connectivity index (χ2n) is 17.2. The number of alkyl halides is 4. The van der Waals surface area contributed by atoms with Gasteiger partial charge in [0.25, 0.3) is 12.9 Å². The fraction of sp³-hybridized carbons (Fsp3) is 0.432. The highest BCUT2D eigenvalue weighted by Gasteiger charge is 2.47. The number of halogens is 8. The lowest BCUT2D eigenvalue weighted by Gasteiger charge is -2.29. The molecule has 10 N–H and O–H groups in total. The number of pyridine rings is 1. The first-order chi connectivity index (χ1) is 32.0. The molecule has 67 heavy (non-hydrogen) atoms. The van der Waals surface area contributed by atoms with Crippen molar-refractivity contribution in [3.8, 4) is 11.5 Å². The maximum Gasteiger partial charge on any atom is 0.266 e. The molecule has 358 valence electrons. The maximum absolute atomic E-state index is 14.8.